The van der Waals surface area contributed by atoms with Crippen LogP contribution in [0.1, 0.15) is 28.0 Å². The molecule has 1 aromatic rings. The van der Waals surface area contributed by atoms with Crippen LogP contribution in [-0.2, 0) is 16.6 Å². The molecular weight excluding hydrogens is 314 g/mol. The Labute approximate surface area is 139 Å². The first-order valence-corrected chi connectivity index (χ1v) is 7.93. The standard InChI is InChI=1S/C16H21N3O5/c1-9-10(2)17-18(3)13(20)12(9)14(21)19-6-11-7-24-5-4-16(11,8-19)15(22)23/h11H,4-8H2,1-3H3,(H,22,23)/t11-,16+/m0/s1. The van der Waals surface area contributed by atoms with Crippen molar-refractivity contribution in [3.63, 3.8) is 0 Å². The summed E-state index contributed by atoms with van der Waals surface area (Å²) in [6, 6.07) is 0. The normalized spacial score (nSPS) is 26.3. The van der Waals surface area contributed by atoms with Gasteiger partial charge in [0.2, 0.25) is 0 Å². The monoisotopic (exact) mass is 335 g/mol. The molecule has 2 fully saturated rings. The molecule has 0 unspecified atom stereocenters. The maximum Gasteiger partial charge on any atom is 0.311 e. The number of carbonyl (C=O) groups excluding carboxylic acids is 1. The van der Waals surface area contributed by atoms with Gasteiger partial charge in [0.05, 0.1) is 17.7 Å². The van der Waals surface area contributed by atoms with Crippen molar-refractivity contribution in [1.29, 1.82) is 0 Å². The van der Waals surface area contributed by atoms with E-state index in [9.17, 15) is 19.5 Å². The van der Waals surface area contributed by atoms with Crippen LogP contribution in [0.5, 0.6) is 0 Å². The van der Waals surface area contributed by atoms with Crippen molar-refractivity contribution in [3.05, 3.63) is 27.2 Å². The molecule has 2 saturated heterocycles. The zero-order chi connectivity index (χ0) is 17.6. The van der Waals surface area contributed by atoms with E-state index in [1.165, 1.54) is 11.9 Å². The van der Waals surface area contributed by atoms with Crippen LogP contribution in [0.4, 0.5) is 0 Å². The van der Waals surface area contributed by atoms with Crippen LogP contribution in [-0.4, -0.2) is 58.0 Å². The molecule has 8 nitrogen and oxygen atoms in total. The third kappa shape index (κ3) is 2.32. The SMILES string of the molecule is Cc1nn(C)c(=O)c(C(=O)N2C[C@H]3COCC[C@@]3(C(=O)O)C2)c1C. The predicted molar refractivity (Wildman–Crippen MR) is 83.9 cm³/mol. The maximum atomic E-state index is 13.0. The molecular formula is C16H21N3O5. The Bertz CT molecular complexity index is 772. The van der Waals surface area contributed by atoms with E-state index < -0.39 is 22.9 Å². The number of likely N-dealkylation sites (tertiary alicyclic amines) is 1. The highest BCUT2D eigenvalue weighted by Crippen LogP contribution is 2.42. The fourth-order valence-corrected chi connectivity index (χ4v) is 3.71. The van der Waals surface area contributed by atoms with Crippen LogP contribution >= 0.6 is 0 Å². The molecule has 130 valence electrons. The Kier molecular flexibility index (Phi) is 3.95. The molecule has 2 aliphatic rings. The molecule has 2 aliphatic heterocycles. The first-order valence-electron chi connectivity index (χ1n) is 7.93. The largest absolute Gasteiger partial charge is 0.481 e. The van der Waals surface area contributed by atoms with Crippen molar-refractivity contribution in [3.8, 4) is 0 Å². The number of aromatic nitrogens is 2. The van der Waals surface area contributed by atoms with E-state index in [0.717, 1.165) is 4.68 Å². The minimum Gasteiger partial charge on any atom is -0.481 e. The van der Waals surface area contributed by atoms with E-state index in [2.05, 4.69) is 5.10 Å². The highest BCUT2D eigenvalue weighted by Gasteiger charge is 2.55. The van der Waals surface area contributed by atoms with Crippen molar-refractivity contribution >= 4 is 11.9 Å². The van der Waals surface area contributed by atoms with Gasteiger partial charge < -0.3 is 14.7 Å². The summed E-state index contributed by atoms with van der Waals surface area (Å²) in [5.41, 5.74) is -0.217. The molecule has 2 atom stereocenters. The van der Waals surface area contributed by atoms with Crippen LogP contribution in [0, 0.1) is 25.2 Å². The number of fused-ring (bicyclic) bond motifs is 1. The van der Waals surface area contributed by atoms with Gasteiger partial charge in [-0.3, -0.25) is 14.4 Å². The van der Waals surface area contributed by atoms with E-state index in [1.807, 2.05) is 0 Å². The second-order valence-electron chi connectivity index (χ2n) is 6.68. The topological polar surface area (TPSA) is 102 Å². The summed E-state index contributed by atoms with van der Waals surface area (Å²) in [5.74, 6) is -1.57. The molecule has 3 rings (SSSR count). The Morgan fingerprint density at radius 2 is 2.08 bits per heavy atom. The number of amides is 1. The predicted octanol–water partition coefficient (Wildman–Crippen LogP) is -0.0396. The van der Waals surface area contributed by atoms with E-state index in [1.54, 1.807) is 13.8 Å². The minimum atomic E-state index is -0.977. The van der Waals surface area contributed by atoms with Crippen molar-refractivity contribution in [2.75, 3.05) is 26.3 Å². The van der Waals surface area contributed by atoms with Crippen molar-refractivity contribution in [2.45, 2.75) is 20.3 Å². The number of carboxylic acids is 1. The number of rotatable bonds is 2. The first-order chi connectivity index (χ1) is 11.3. The molecule has 0 bridgehead atoms. The van der Waals surface area contributed by atoms with Crippen LogP contribution in [0.15, 0.2) is 4.79 Å². The van der Waals surface area contributed by atoms with Crippen LogP contribution in [0.25, 0.3) is 0 Å². The molecule has 0 saturated carbocycles. The van der Waals surface area contributed by atoms with Crippen LogP contribution < -0.4 is 5.56 Å². The second-order valence-corrected chi connectivity index (χ2v) is 6.68. The molecule has 24 heavy (non-hydrogen) atoms. The molecule has 0 aromatic carbocycles. The lowest BCUT2D eigenvalue weighted by Gasteiger charge is -2.33. The molecule has 8 heteroatoms. The lowest BCUT2D eigenvalue weighted by atomic mass is 9.74. The number of ether oxygens (including phenoxy) is 1. The molecule has 1 amide bonds. The van der Waals surface area contributed by atoms with E-state index in [0.29, 0.717) is 30.9 Å². The number of carboxylic acid groups (broad SMARTS) is 1. The van der Waals surface area contributed by atoms with Crippen molar-refractivity contribution < 1.29 is 19.4 Å². The fourth-order valence-electron chi connectivity index (χ4n) is 3.71. The van der Waals surface area contributed by atoms with Gasteiger partial charge in [-0.05, 0) is 25.8 Å². The Morgan fingerprint density at radius 3 is 2.71 bits per heavy atom. The van der Waals surface area contributed by atoms with Crippen LogP contribution in [0.2, 0.25) is 0 Å². The summed E-state index contributed by atoms with van der Waals surface area (Å²) in [4.78, 5) is 38.7. The number of aryl methyl sites for hydroxylation is 2. The average Bonchev–Trinajstić information content (AvgIpc) is 2.94. The van der Waals surface area contributed by atoms with Gasteiger partial charge >= 0.3 is 5.97 Å². The van der Waals surface area contributed by atoms with Gasteiger partial charge in [-0.25, -0.2) is 4.68 Å². The second kappa shape index (κ2) is 5.70. The Hall–Kier alpha value is -2.22. The maximum absolute atomic E-state index is 13.0. The smallest absolute Gasteiger partial charge is 0.311 e. The molecule has 0 spiro atoms. The minimum absolute atomic E-state index is 0.0742. The van der Waals surface area contributed by atoms with Gasteiger partial charge in [0.25, 0.3) is 11.5 Å². The third-order valence-electron chi connectivity index (χ3n) is 5.36. The van der Waals surface area contributed by atoms with Gasteiger partial charge in [-0.1, -0.05) is 0 Å². The Balaban J connectivity index is 1.99. The summed E-state index contributed by atoms with van der Waals surface area (Å²) in [5, 5.41) is 13.8. The third-order valence-corrected chi connectivity index (χ3v) is 5.36. The summed E-state index contributed by atoms with van der Waals surface area (Å²) in [6.45, 7) is 4.52. The van der Waals surface area contributed by atoms with Gasteiger partial charge in [0, 0.05) is 32.7 Å². The molecule has 3 heterocycles. The van der Waals surface area contributed by atoms with Crippen molar-refractivity contribution in [1.82, 2.24) is 14.7 Å². The number of carbonyl (C=O) groups is 2. The number of nitrogens with zero attached hydrogens (tertiary/aromatic N) is 3. The molecule has 1 N–H and O–H groups in total. The average molecular weight is 335 g/mol. The number of aliphatic carboxylic acids is 1. The Morgan fingerprint density at radius 1 is 1.38 bits per heavy atom. The number of hydrogen-bond donors (Lipinski definition) is 1. The van der Waals surface area contributed by atoms with E-state index in [4.69, 9.17) is 4.74 Å². The van der Waals surface area contributed by atoms with E-state index >= 15 is 0 Å². The van der Waals surface area contributed by atoms with Gasteiger partial charge in [-0.2, -0.15) is 5.10 Å². The van der Waals surface area contributed by atoms with E-state index in [-0.39, 0.29) is 24.6 Å². The van der Waals surface area contributed by atoms with Crippen molar-refractivity contribution in [2.24, 2.45) is 18.4 Å². The summed E-state index contributed by atoms with van der Waals surface area (Å²) >= 11 is 0. The zero-order valence-electron chi connectivity index (χ0n) is 14.0. The van der Waals surface area contributed by atoms with Gasteiger partial charge in [0.1, 0.15) is 5.56 Å². The lowest BCUT2D eigenvalue weighted by Crippen LogP contribution is -2.45. The van der Waals surface area contributed by atoms with Gasteiger partial charge in [0.15, 0.2) is 0 Å². The molecule has 1 aromatic heterocycles. The molecule has 0 aliphatic carbocycles. The lowest BCUT2D eigenvalue weighted by molar-refractivity contribution is -0.157. The molecule has 0 radical (unpaired) electrons. The fraction of sp³-hybridized carbons (Fsp3) is 0.625. The first kappa shape index (κ1) is 16.6. The quantitative estimate of drug-likeness (QED) is 0.814. The van der Waals surface area contributed by atoms with Crippen LogP contribution in [0.3, 0.4) is 0 Å². The highest BCUT2D eigenvalue weighted by atomic mass is 16.5. The zero-order valence-corrected chi connectivity index (χ0v) is 14.0. The summed E-state index contributed by atoms with van der Waals surface area (Å²) in [6.07, 6.45) is 0.378. The number of hydrogen-bond acceptors (Lipinski definition) is 5. The van der Waals surface area contributed by atoms with Gasteiger partial charge in [-0.15, -0.1) is 0 Å². The highest BCUT2D eigenvalue weighted by molar-refractivity contribution is 5.96. The summed E-state index contributed by atoms with van der Waals surface area (Å²) < 4.78 is 6.55. The summed E-state index contributed by atoms with van der Waals surface area (Å²) in [7, 11) is 1.50.